The quantitative estimate of drug-likeness (QED) is 0.266. The van der Waals surface area contributed by atoms with E-state index in [4.69, 9.17) is 21.3 Å². The number of aliphatic hydroxyl groups is 1. The van der Waals surface area contributed by atoms with Crippen LogP contribution >= 0.6 is 0 Å². The minimum atomic E-state index is -1.74. The van der Waals surface area contributed by atoms with Crippen LogP contribution in [0.25, 0.3) is 0 Å². The van der Waals surface area contributed by atoms with Gasteiger partial charge in [-0.2, -0.15) is 0 Å². The van der Waals surface area contributed by atoms with Crippen LogP contribution in [0.4, 0.5) is 0 Å². The maximum atomic E-state index is 11.1. The Morgan fingerprint density at radius 2 is 2.00 bits per heavy atom. The van der Waals surface area contributed by atoms with Crippen LogP contribution in [0.1, 0.15) is 0 Å². The normalized spacial score (nSPS) is 11.4. The van der Waals surface area contributed by atoms with Crippen molar-refractivity contribution in [1.29, 1.82) is 0 Å². The van der Waals surface area contributed by atoms with E-state index in [1.807, 2.05) is 6.07 Å². The Balaban J connectivity index is 2.32. The van der Waals surface area contributed by atoms with E-state index in [1.54, 1.807) is 24.3 Å². The summed E-state index contributed by atoms with van der Waals surface area (Å²) in [5.74, 6) is -0.857. The van der Waals surface area contributed by atoms with Gasteiger partial charge < -0.3 is 26.0 Å². The molecule has 0 saturated carbocycles. The van der Waals surface area contributed by atoms with Crippen LogP contribution in [0, 0.1) is 0 Å². The summed E-state index contributed by atoms with van der Waals surface area (Å²) < 4.78 is 9.65. The SMILES string of the molecule is NC(N)=NC(O)C(=O)OCOc1ccccc1. The molecule has 0 fully saturated rings. The fraction of sp³-hybridized carbons (Fsp3) is 0.200. The smallest absolute Gasteiger partial charge is 0.361 e. The first-order valence-electron chi connectivity index (χ1n) is 4.71. The van der Waals surface area contributed by atoms with E-state index >= 15 is 0 Å². The predicted molar refractivity (Wildman–Crippen MR) is 59.8 cm³/mol. The molecule has 5 N–H and O–H groups in total. The second-order valence-electron chi connectivity index (χ2n) is 2.97. The number of nitrogens with two attached hydrogens (primary N) is 2. The molecule has 1 unspecified atom stereocenters. The number of carbonyl (C=O) groups is 1. The summed E-state index contributed by atoms with van der Waals surface area (Å²) in [7, 11) is 0. The number of carbonyl (C=O) groups excluding carboxylic acids is 1. The molecule has 7 heteroatoms. The molecule has 1 rings (SSSR count). The van der Waals surface area contributed by atoms with Crippen molar-refractivity contribution in [3.05, 3.63) is 30.3 Å². The van der Waals surface area contributed by atoms with Gasteiger partial charge in [0, 0.05) is 0 Å². The monoisotopic (exact) mass is 239 g/mol. The van der Waals surface area contributed by atoms with E-state index in [9.17, 15) is 4.79 Å². The number of rotatable bonds is 5. The predicted octanol–water partition coefficient (Wildman–Crippen LogP) is -0.842. The molecular formula is C10H13N3O4. The summed E-state index contributed by atoms with van der Waals surface area (Å²) in [6.07, 6.45) is -1.74. The Bertz CT molecular complexity index is 390. The number of guanidine groups is 1. The highest BCUT2D eigenvalue weighted by Crippen LogP contribution is 2.07. The molecule has 0 heterocycles. The summed E-state index contributed by atoms with van der Waals surface area (Å²) in [5, 5.41) is 9.11. The fourth-order valence-electron chi connectivity index (χ4n) is 0.941. The molecule has 7 nitrogen and oxygen atoms in total. The molecule has 0 spiro atoms. The zero-order valence-corrected chi connectivity index (χ0v) is 8.95. The molecule has 1 atom stereocenters. The molecule has 0 amide bonds. The van der Waals surface area contributed by atoms with Crippen LogP contribution in [0.15, 0.2) is 35.3 Å². The summed E-state index contributed by atoms with van der Waals surface area (Å²) in [4.78, 5) is 14.3. The maximum Gasteiger partial charge on any atom is 0.361 e. The van der Waals surface area contributed by atoms with Crippen molar-refractivity contribution < 1.29 is 19.4 Å². The van der Waals surface area contributed by atoms with Gasteiger partial charge in [-0.15, -0.1) is 0 Å². The number of para-hydroxylation sites is 1. The Kier molecular flexibility index (Phi) is 4.77. The molecule has 92 valence electrons. The highest BCUT2D eigenvalue weighted by molar-refractivity contribution is 5.81. The first-order chi connectivity index (χ1) is 8.09. The van der Waals surface area contributed by atoms with Gasteiger partial charge in [0.1, 0.15) is 5.75 Å². The van der Waals surface area contributed by atoms with Crippen LogP contribution in [-0.4, -0.2) is 30.1 Å². The standard InChI is InChI=1S/C10H13N3O4/c11-10(12)13-8(14)9(15)17-6-16-7-4-2-1-3-5-7/h1-5,8,14H,6H2,(H4,11,12,13). The van der Waals surface area contributed by atoms with Crippen molar-refractivity contribution in [3.8, 4) is 5.75 Å². The van der Waals surface area contributed by atoms with Gasteiger partial charge in [0.05, 0.1) is 0 Å². The molecule has 0 aromatic heterocycles. The van der Waals surface area contributed by atoms with Crippen LogP contribution in [0.2, 0.25) is 0 Å². The molecule has 0 bridgehead atoms. The van der Waals surface area contributed by atoms with Crippen LogP contribution in [0.5, 0.6) is 5.75 Å². The van der Waals surface area contributed by atoms with Crippen LogP contribution < -0.4 is 16.2 Å². The van der Waals surface area contributed by atoms with Crippen molar-refractivity contribution in [2.24, 2.45) is 16.5 Å². The summed E-state index contributed by atoms with van der Waals surface area (Å²) in [6, 6.07) is 8.75. The third-order valence-electron chi connectivity index (χ3n) is 1.65. The lowest BCUT2D eigenvalue weighted by Gasteiger charge is -2.08. The third-order valence-corrected chi connectivity index (χ3v) is 1.65. The van der Waals surface area contributed by atoms with E-state index in [0.29, 0.717) is 5.75 Å². The van der Waals surface area contributed by atoms with Gasteiger partial charge in [-0.05, 0) is 12.1 Å². The van der Waals surface area contributed by atoms with Gasteiger partial charge >= 0.3 is 5.97 Å². The molecule has 1 aromatic rings. The van der Waals surface area contributed by atoms with Crippen molar-refractivity contribution >= 4 is 11.9 Å². The van der Waals surface area contributed by atoms with E-state index in [-0.39, 0.29) is 6.79 Å². The first-order valence-corrected chi connectivity index (χ1v) is 4.71. The number of benzene rings is 1. The minimum absolute atomic E-state index is 0.333. The molecule has 0 saturated heterocycles. The van der Waals surface area contributed by atoms with Crippen LogP contribution in [0.3, 0.4) is 0 Å². The first kappa shape index (κ1) is 12.8. The zero-order chi connectivity index (χ0) is 12.7. The summed E-state index contributed by atoms with van der Waals surface area (Å²) >= 11 is 0. The van der Waals surface area contributed by atoms with Gasteiger partial charge in [0.25, 0.3) is 0 Å². The average molecular weight is 239 g/mol. The van der Waals surface area contributed by atoms with E-state index in [0.717, 1.165) is 0 Å². The molecular weight excluding hydrogens is 226 g/mol. The van der Waals surface area contributed by atoms with Gasteiger partial charge in [0.2, 0.25) is 13.0 Å². The molecule has 0 aliphatic rings. The highest BCUT2D eigenvalue weighted by atomic mass is 16.7. The number of nitrogens with zero attached hydrogens (tertiary/aromatic N) is 1. The summed E-state index contributed by atoms with van der Waals surface area (Å²) in [5.41, 5.74) is 9.96. The number of hydrogen-bond acceptors (Lipinski definition) is 5. The van der Waals surface area contributed by atoms with Crippen molar-refractivity contribution in [3.63, 3.8) is 0 Å². The van der Waals surface area contributed by atoms with Gasteiger partial charge in [-0.3, -0.25) is 0 Å². The van der Waals surface area contributed by atoms with Crippen molar-refractivity contribution in [1.82, 2.24) is 0 Å². The number of ether oxygens (including phenoxy) is 2. The third kappa shape index (κ3) is 4.85. The van der Waals surface area contributed by atoms with Crippen LogP contribution in [-0.2, 0) is 9.53 Å². The number of esters is 1. The van der Waals surface area contributed by atoms with E-state index in [1.165, 1.54) is 0 Å². The molecule has 0 radical (unpaired) electrons. The van der Waals surface area contributed by atoms with E-state index in [2.05, 4.69) is 9.73 Å². The zero-order valence-electron chi connectivity index (χ0n) is 8.95. The number of aliphatic hydroxyl groups excluding tert-OH is 1. The highest BCUT2D eigenvalue weighted by Gasteiger charge is 2.15. The lowest BCUT2D eigenvalue weighted by atomic mass is 10.3. The van der Waals surface area contributed by atoms with Gasteiger partial charge in [0.15, 0.2) is 5.96 Å². The van der Waals surface area contributed by atoms with Gasteiger partial charge in [-0.1, -0.05) is 18.2 Å². The molecule has 0 aliphatic carbocycles. The molecule has 1 aromatic carbocycles. The Morgan fingerprint density at radius 1 is 1.35 bits per heavy atom. The topological polar surface area (TPSA) is 120 Å². The maximum absolute atomic E-state index is 11.1. The average Bonchev–Trinajstić information content (AvgIpc) is 2.29. The largest absolute Gasteiger partial charge is 0.457 e. The van der Waals surface area contributed by atoms with Crippen molar-refractivity contribution in [2.75, 3.05) is 6.79 Å². The van der Waals surface area contributed by atoms with Crippen molar-refractivity contribution in [2.45, 2.75) is 6.23 Å². The Labute approximate surface area is 97.6 Å². The number of hydrogen-bond donors (Lipinski definition) is 3. The second-order valence-corrected chi connectivity index (χ2v) is 2.97. The minimum Gasteiger partial charge on any atom is -0.457 e. The Morgan fingerprint density at radius 3 is 2.59 bits per heavy atom. The molecule has 17 heavy (non-hydrogen) atoms. The molecule has 0 aliphatic heterocycles. The fourth-order valence-corrected chi connectivity index (χ4v) is 0.941. The van der Waals surface area contributed by atoms with E-state index < -0.39 is 18.2 Å². The second kappa shape index (κ2) is 6.33. The van der Waals surface area contributed by atoms with Gasteiger partial charge in [-0.25, -0.2) is 9.79 Å². The number of aliphatic imine (C=N–C) groups is 1. The summed E-state index contributed by atoms with van der Waals surface area (Å²) in [6.45, 7) is -0.333. The lowest BCUT2D eigenvalue weighted by Crippen LogP contribution is -2.30. The lowest BCUT2D eigenvalue weighted by molar-refractivity contribution is -0.159. The Hall–Kier alpha value is -2.28.